The summed E-state index contributed by atoms with van der Waals surface area (Å²) in [4.78, 5) is 24.1. The maximum atomic E-state index is 12.5. The summed E-state index contributed by atoms with van der Waals surface area (Å²) in [6, 6.07) is 9.01. The van der Waals surface area contributed by atoms with Gasteiger partial charge in [-0.25, -0.2) is 4.98 Å². The molecule has 172 valence electrons. The van der Waals surface area contributed by atoms with Crippen molar-refractivity contribution >= 4 is 28.6 Å². The molecule has 3 N–H and O–H groups in total. The molecule has 32 heavy (non-hydrogen) atoms. The molecule has 0 saturated heterocycles. The summed E-state index contributed by atoms with van der Waals surface area (Å²) >= 11 is 6.22. The Morgan fingerprint density at radius 2 is 1.84 bits per heavy atom. The highest BCUT2D eigenvalue weighted by atomic mass is 35.5. The smallest absolute Gasteiger partial charge is 0.257 e. The van der Waals surface area contributed by atoms with Crippen LogP contribution in [0, 0.1) is 5.92 Å². The van der Waals surface area contributed by atoms with Crippen LogP contribution in [-0.2, 0) is 0 Å². The molecule has 2 heterocycles. The molecule has 6 nitrogen and oxygen atoms in total. The average Bonchev–Trinajstić information content (AvgIpc) is 2.79. The van der Waals surface area contributed by atoms with Crippen molar-refractivity contribution < 1.29 is 5.11 Å². The number of benzene rings is 1. The van der Waals surface area contributed by atoms with E-state index in [1.165, 1.54) is 0 Å². The van der Waals surface area contributed by atoms with Gasteiger partial charge in [0, 0.05) is 34.3 Å². The number of aromatic nitrogens is 3. The Balaban J connectivity index is 0.000000672. The van der Waals surface area contributed by atoms with Crippen LogP contribution in [0.25, 0.3) is 22.2 Å². The Kier molecular flexibility index (Phi) is 9.88. The molecule has 0 bridgehead atoms. The van der Waals surface area contributed by atoms with Crippen LogP contribution in [0.2, 0.25) is 5.02 Å². The summed E-state index contributed by atoms with van der Waals surface area (Å²) in [5, 5.41) is 14.1. The van der Waals surface area contributed by atoms with E-state index in [-0.39, 0.29) is 19.1 Å². The zero-order valence-corrected chi connectivity index (χ0v) is 18.7. The van der Waals surface area contributed by atoms with Crippen LogP contribution < -0.4 is 10.9 Å². The van der Waals surface area contributed by atoms with Crippen molar-refractivity contribution in [2.75, 3.05) is 11.9 Å². The van der Waals surface area contributed by atoms with E-state index >= 15 is 0 Å². The van der Waals surface area contributed by atoms with Crippen molar-refractivity contribution in [2.24, 2.45) is 5.92 Å². The maximum Gasteiger partial charge on any atom is 0.257 e. The molecule has 1 fully saturated rings. The molecule has 1 aliphatic carbocycles. The van der Waals surface area contributed by atoms with Gasteiger partial charge < -0.3 is 15.4 Å². The lowest BCUT2D eigenvalue weighted by atomic mass is 9.87. The Labute approximate surface area is 194 Å². The van der Waals surface area contributed by atoms with Gasteiger partial charge in [-0.05, 0) is 57.6 Å². The lowest BCUT2D eigenvalue weighted by molar-refractivity contribution is 0.111. The summed E-state index contributed by atoms with van der Waals surface area (Å²) in [6.45, 7) is 4.76. The van der Waals surface area contributed by atoms with Crippen LogP contribution in [0.1, 0.15) is 47.0 Å². The first-order valence-corrected chi connectivity index (χ1v) is 11.0. The van der Waals surface area contributed by atoms with E-state index in [4.69, 9.17) is 11.6 Å². The number of rotatable bonds is 4. The molecule has 1 saturated carbocycles. The molecular formula is C25H33ClN4O2. The van der Waals surface area contributed by atoms with Gasteiger partial charge in [0.2, 0.25) is 5.95 Å². The first-order valence-electron chi connectivity index (χ1n) is 10.7. The van der Waals surface area contributed by atoms with Crippen molar-refractivity contribution in [1.29, 1.82) is 0 Å². The summed E-state index contributed by atoms with van der Waals surface area (Å²) in [6.07, 6.45) is 9.24. The highest BCUT2D eigenvalue weighted by molar-refractivity contribution is 6.33. The third kappa shape index (κ3) is 6.65. The number of aliphatic hydroxyl groups is 1. The summed E-state index contributed by atoms with van der Waals surface area (Å²) in [5.41, 5.74) is 1.44. The molecule has 2 aromatic heterocycles. The number of nitrogens with zero attached hydrogens (tertiary/aromatic N) is 2. The number of pyridine rings is 1. The van der Waals surface area contributed by atoms with Gasteiger partial charge in [-0.2, -0.15) is 4.98 Å². The van der Waals surface area contributed by atoms with Crippen LogP contribution >= 0.6 is 11.6 Å². The molecule has 7 heteroatoms. The molecule has 0 aliphatic heterocycles. The molecule has 0 radical (unpaired) electrons. The number of halogens is 1. The molecule has 0 spiro atoms. The minimum Gasteiger partial charge on any atom is -0.393 e. The molecular weight excluding hydrogens is 424 g/mol. The average molecular weight is 457 g/mol. The van der Waals surface area contributed by atoms with Crippen LogP contribution in [0.15, 0.2) is 53.5 Å². The Hall–Kier alpha value is -2.70. The Morgan fingerprint density at radius 1 is 1.16 bits per heavy atom. The van der Waals surface area contributed by atoms with Crippen molar-refractivity contribution in [3.05, 3.63) is 64.1 Å². The first kappa shape index (κ1) is 25.6. The van der Waals surface area contributed by atoms with Gasteiger partial charge in [0.15, 0.2) is 0 Å². The molecule has 3 aromatic rings. The third-order valence-electron chi connectivity index (χ3n) is 5.46. The van der Waals surface area contributed by atoms with Crippen molar-refractivity contribution in [3.63, 3.8) is 0 Å². The van der Waals surface area contributed by atoms with Gasteiger partial charge in [0.05, 0.1) is 6.10 Å². The van der Waals surface area contributed by atoms with Gasteiger partial charge in [0.1, 0.15) is 5.65 Å². The number of aromatic amines is 1. The number of hydrogen-bond donors (Lipinski definition) is 3. The summed E-state index contributed by atoms with van der Waals surface area (Å²) in [7, 11) is 0. The van der Waals surface area contributed by atoms with Gasteiger partial charge in [-0.3, -0.25) is 4.79 Å². The van der Waals surface area contributed by atoms with Gasteiger partial charge in [-0.1, -0.05) is 49.4 Å². The Morgan fingerprint density at radius 3 is 2.50 bits per heavy atom. The molecule has 0 amide bonds. The molecule has 0 unspecified atom stereocenters. The van der Waals surface area contributed by atoms with Crippen LogP contribution in [0.3, 0.4) is 0 Å². The van der Waals surface area contributed by atoms with Gasteiger partial charge in [0.25, 0.3) is 5.56 Å². The van der Waals surface area contributed by atoms with Crippen molar-refractivity contribution in [2.45, 2.75) is 53.1 Å². The van der Waals surface area contributed by atoms with Crippen LogP contribution in [0.5, 0.6) is 0 Å². The van der Waals surface area contributed by atoms with E-state index in [0.29, 0.717) is 33.7 Å². The lowest BCUT2D eigenvalue weighted by Gasteiger charge is -2.25. The van der Waals surface area contributed by atoms with Crippen molar-refractivity contribution in [1.82, 2.24) is 15.0 Å². The number of aliphatic hydroxyl groups excluding tert-OH is 1. The molecule has 4 rings (SSSR count). The number of anilines is 1. The van der Waals surface area contributed by atoms with E-state index in [1.807, 2.05) is 44.2 Å². The minimum atomic E-state index is -0.235. The number of nitrogens with one attached hydrogen (secondary N) is 2. The summed E-state index contributed by atoms with van der Waals surface area (Å²) < 4.78 is 0. The number of H-pyrrole nitrogens is 1. The minimum absolute atomic E-state index is 0. The second kappa shape index (κ2) is 12.4. The normalized spacial score (nSPS) is 18.0. The summed E-state index contributed by atoms with van der Waals surface area (Å²) in [5.74, 6) is 1.00. The monoisotopic (exact) mass is 456 g/mol. The predicted molar refractivity (Wildman–Crippen MR) is 134 cm³/mol. The lowest BCUT2D eigenvalue weighted by Crippen LogP contribution is -2.24. The number of fused-ring (bicyclic) bond motifs is 1. The van der Waals surface area contributed by atoms with Crippen molar-refractivity contribution in [3.8, 4) is 11.1 Å². The van der Waals surface area contributed by atoms with E-state index in [0.717, 1.165) is 37.6 Å². The highest BCUT2D eigenvalue weighted by Crippen LogP contribution is 2.27. The second-order valence-corrected chi connectivity index (χ2v) is 8.12. The largest absolute Gasteiger partial charge is 0.393 e. The quantitative estimate of drug-likeness (QED) is 0.430. The Bertz CT molecular complexity index is 1080. The highest BCUT2D eigenvalue weighted by Gasteiger charge is 2.19. The predicted octanol–water partition coefficient (Wildman–Crippen LogP) is 5.82. The van der Waals surface area contributed by atoms with E-state index in [2.05, 4.69) is 20.3 Å². The van der Waals surface area contributed by atoms with Gasteiger partial charge in [-0.15, -0.1) is 0 Å². The molecule has 1 aromatic carbocycles. The molecule has 0 atom stereocenters. The number of hydrogen-bond acceptors (Lipinski definition) is 5. The maximum absolute atomic E-state index is 12.5. The topological polar surface area (TPSA) is 90.9 Å². The number of allylic oxidation sites excluding steroid dienone is 2. The first-order chi connectivity index (χ1) is 15.0. The third-order valence-corrected chi connectivity index (χ3v) is 5.79. The zero-order valence-electron chi connectivity index (χ0n) is 17.9. The standard InChI is InChI=1S/C20H21ClN4O2.C4H8.CH4/c21-17-4-2-1-3-15(17)16-9-13-11-23-20(25-18(13)24-19(16)27)22-10-12-5-7-14(26)8-6-12;1-3-4-2;/h1-4,9,11-12,14,26H,5-8,10H2,(H2,22,23,24,25,27);3-4H,1-2H3;1H4/b;4-3-;. The fraction of sp³-hybridized carbons (Fsp3) is 0.400. The SMILES string of the molecule is C.C/C=C\C.O=c1[nH]c2nc(NCC3CCC(O)CC3)ncc2cc1-c1ccccc1Cl. The van der Waals surface area contributed by atoms with E-state index in [9.17, 15) is 9.90 Å². The van der Waals surface area contributed by atoms with Crippen LogP contribution in [-0.4, -0.2) is 32.7 Å². The van der Waals surface area contributed by atoms with Crippen LogP contribution in [0.4, 0.5) is 5.95 Å². The second-order valence-electron chi connectivity index (χ2n) is 7.71. The van der Waals surface area contributed by atoms with E-state index in [1.54, 1.807) is 18.3 Å². The fourth-order valence-electron chi connectivity index (χ4n) is 3.54. The fourth-order valence-corrected chi connectivity index (χ4v) is 3.78. The van der Waals surface area contributed by atoms with Gasteiger partial charge >= 0.3 is 0 Å². The zero-order chi connectivity index (χ0) is 22.2. The molecule has 1 aliphatic rings. The van der Waals surface area contributed by atoms with E-state index < -0.39 is 0 Å².